The van der Waals surface area contributed by atoms with Crippen molar-refractivity contribution in [1.82, 2.24) is 0 Å². The highest BCUT2D eigenvalue weighted by Gasteiger charge is 2.10. The molecule has 0 fully saturated rings. The van der Waals surface area contributed by atoms with E-state index in [1.807, 2.05) is 0 Å². The Morgan fingerprint density at radius 3 is 2.69 bits per heavy atom. The van der Waals surface area contributed by atoms with Crippen LogP contribution in [0.25, 0.3) is 11.3 Å². The van der Waals surface area contributed by atoms with Crippen LogP contribution in [0.5, 0.6) is 0 Å². The Bertz CT molecular complexity index is 537. The summed E-state index contributed by atoms with van der Waals surface area (Å²) in [4.78, 5) is 10.8. The Morgan fingerprint density at radius 2 is 2.00 bits per heavy atom. The van der Waals surface area contributed by atoms with Crippen molar-refractivity contribution in [3.63, 3.8) is 0 Å². The highest BCUT2D eigenvalue weighted by atomic mass is 16.5. The van der Waals surface area contributed by atoms with Crippen LogP contribution >= 0.6 is 0 Å². The first-order valence-electron chi connectivity index (χ1n) is 4.70. The molecule has 2 aromatic rings. The van der Waals surface area contributed by atoms with Gasteiger partial charge >= 0.3 is 5.97 Å². The number of nitrogens with zero attached hydrogens (tertiary/aromatic N) is 1. The Kier molecular flexibility index (Phi) is 2.55. The van der Waals surface area contributed by atoms with Gasteiger partial charge in [-0.15, -0.1) is 0 Å². The highest BCUT2D eigenvalue weighted by Crippen LogP contribution is 2.16. The summed E-state index contributed by atoms with van der Waals surface area (Å²) in [6, 6.07) is 11.3. The average Bonchev–Trinajstić information content (AvgIpc) is 2.30. The highest BCUT2D eigenvalue weighted by molar-refractivity contribution is 5.89. The molecule has 16 heavy (non-hydrogen) atoms. The van der Waals surface area contributed by atoms with E-state index < -0.39 is 5.97 Å². The summed E-state index contributed by atoms with van der Waals surface area (Å²) < 4.78 is 0.709. The summed E-state index contributed by atoms with van der Waals surface area (Å²) in [5.41, 5.74) is 1.20. The zero-order valence-electron chi connectivity index (χ0n) is 8.33. The maximum Gasteiger partial charge on any atom is 0.335 e. The van der Waals surface area contributed by atoms with E-state index in [-0.39, 0.29) is 5.56 Å². The van der Waals surface area contributed by atoms with E-state index in [0.29, 0.717) is 16.0 Å². The van der Waals surface area contributed by atoms with Crippen molar-refractivity contribution in [2.24, 2.45) is 0 Å². The predicted octanol–water partition coefficient (Wildman–Crippen LogP) is 1.69. The summed E-state index contributed by atoms with van der Waals surface area (Å²) in [6.45, 7) is 0. The minimum Gasteiger partial charge on any atom is -0.618 e. The van der Waals surface area contributed by atoms with Crippen LogP contribution < -0.4 is 4.73 Å². The Morgan fingerprint density at radius 1 is 1.19 bits per heavy atom. The van der Waals surface area contributed by atoms with E-state index in [0.717, 1.165) is 0 Å². The normalized spacial score (nSPS) is 10.0. The van der Waals surface area contributed by atoms with Gasteiger partial charge in [-0.1, -0.05) is 6.07 Å². The van der Waals surface area contributed by atoms with Gasteiger partial charge < -0.3 is 10.3 Å². The van der Waals surface area contributed by atoms with Gasteiger partial charge in [0.15, 0.2) is 6.20 Å². The van der Waals surface area contributed by atoms with Gasteiger partial charge in [-0.2, -0.15) is 4.73 Å². The third-order valence-electron chi connectivity index (χ3n) is 2.23. The van der Waals surface area contributed by atoms with Crippen LogP contribution in [0.4, 0.5) is 0 Å². The lowest BCUT2D eigenvalue weighted by molar-refractivity contribution is -0.593. The number of hydrogen-bond donors (Lipinski definition) is 1. The van der Waals surface area contributed by atoms with Crippen molar-refractivity contribution >= 4 is 5.97 Å². The molecule has 1 N–H and O–H groups in total. The van der Waals surface area contributed by atoms with Crippen LogP contribution in [0.3, 0.4) is 0 Å². The minimum atomic E-state index is -1.00. The SMILES string of the molecule is O=C(O)c1cccc(-c2cccc[n+]2[O-])c1. The summed E-state index contributed by atoms with van der Waals surface area (Å²) in [7, 11) is 0. The molecule has 4 nitrogen and oxygen atoms in total. The quantitative estimate of drug-likeness (QED) is 0.612. The minimum absolute atomic E-state index is 0.168. The first-order valence-corrected chi connectivity index (χ1v) is 4.70. The molecule has 0 bridgehead atoms. The van der Waals surface area contributed by atoms with Crippen molar-refractivity contribution in [2.75, 3.05) is 0 Å². The Labute approximate surface area is 92.0 Å². The molecule has 1 aromatic carbocycles. The van der Waals surface area contributed by atoms with Gasteiger partial charge in [0, 0.05) is 17.7 Å². The monoisotopic (exact) mass is 215 g/mol. The lowest BCUT2D eigenvalue weighted by atomic mass is 10.1. The maximum absolute atomic E-state index is 11.5. The van der Waals surface area contributed by atoms with Crippen molar-refractivity contribution in [1.29, 1.82) is 0 Å². The van der Waals surface area contributed by atoms with Crippen molar-refractivity contribution < 1.29 is 14.6 Å². The van der Waals surface area contributed by atoms with E-state index in [1.54, 1.807) is 30.3 Å². The van der Waals surface area contributed by atoms with Gasteiger partial charge in [0.25, 0.3) is 0 Å². The molecule has 1 heterocycles. The second-order valence-electron chi connectivity index (χ2n) is 3.30. The largest absolute Gasteiger partial charge is 0.618 e. The number of carbonyl (C=O) groups is 1. The number of rotatable bonds is 2. The standard InChI is InChI=1S/C12H9NO3/c14-12(15)10-5-3-4-9(8-10)11-6-1-2-7-13(11)16/h1-8H,(H,14,15). The number of aromatic carboxylic acids is 1. The number of benzene rings is 1. The summed E-state index contributed by atoms with van der Waals surface area (Å²) in [6.07, 6.45) is 1.38. The van der Waals surface area contributed by atoms with Gasteiger partial charge in [0.05, 0.1) is 5.56 Å². The van der Waals surface area contributed by atoms with Crippen LogP contribution in [0.15, 0.2) is 48.7 Å². The molecule has 0 radical (unpaired) electrons. The Balaban J connectivity index is 2.53. The third-order valence-corrected chi connectivity index (χ3v) is 2.23. The van der Waals surface area contributed by atoms with E-state index in [1.165, 1.54) is 18.3 Å². The predicted molar refractivity (Wildman–Crippen MR) is 57.8 cm³/mol. The third kappa shape index (κ3) is 1.86. The molecular formula is C12H9NO3. The van der Waals surface area contributed by atoms with Gasteiger partial charge in [-0.3, -0.25) is 0 Å². The van der Waals surface area contributed by atoms with Gasteiger partial charge in [-0.05, 0) is 24.3 Å². The van der Waals surface area contributed by atoms with Crippen molar-refractivity contribution in [3.05, 3.63) is 59.4 Å². The zero-order valence-corrected chi connectivity index (χ0v) is 8.33. The summed E-state index contributed by atoms with van der Waals surface area (Å²) in [5, 5.41) is 20.3. The fourth-order valence-corrected chi connectivity index (χ4v) is 1.46. The average molecular weight is 215 g/mol. The maximum atomic E-state index is 11.5. The van der Waals surface area contributed by atoms with E-state index in [2.05, 4.69) is 0 Å². The number of aromatic nitrogens is 1. The van der Waals surface area contributed by atoms with Crippen molar-refractivity contribution in [3.8, 4) is 11.3 Å². The second-order valence-corrected chi connectivity index (χ2v) is 3.30. The topological polar surface area (TPSA) is 64.2 Å². The van der Waals surface area contributed by atoms with Crippen LogP contribution in [0.2, 0.25) is 0 Å². The summed E-state index contributed by atoms with van der Waals surface area (Å²) in [5.74, 6) is -1.00. The zero-order chi connectivity index (χ0) is 11.5. The number of pyridine rings is 1. The van der Waals surface area contributed by atoms with Gasteiger partial charge in [0.2, 0.25) is 5.69 Å². The molecular weight excluding hydrogens is 206 g/mol. The number of carboxylic acid groups (broad SMARTS) is 1. The molecule has 0 amide bonds. The van der Waals surface area contributed by atoms with Crippen LogP contribution in [0, 0.1) is 5.21 Å². The molecule has 1 aromatic heterocycles. The first kappa shape index (κ1) is 10.2. The molecule has 0 aliphatic rings. The molecule has 0 unspecified atom stereocenters. The molecule has 2 rings (SSSR count). The molecule has 4 heteroatoms. The fraction of sp³-hybridized carbons (Fsp3) is 0. The van der Waals surface area contributed by atoms with E-state index in [9.17, 15) is 10.0 Å². The Hall–Kier alpha value is -2.36. The lowest BCUT2D eigenvalue weighted by Gasteiger charge is -2.04. The van der Waals surface area contributed by atoms with Crippen LogP contribution in [-0.2, 0) is 0 Å². The molecule has 0 aliphatic heterocycles. The lowest BCUT2D eigenvalue weighted by Crippen LogP contribution is -2.27. The van der Waals surface area contributed by atoms with Crippen LogP contribution in [0.1, 0.15) is 10.4 Å². The molecule has 0 spiro atoms. The number of hydrogen-bond acceptors (Lipinski definition) is 2. The smallest absolute Gasteiger partial charge is 0.335 e. The van der Waals surface area contributed by atoms with E-state index >= 15 is 0 Å². The molecule has 80 valence electrons. The second kappa shape index (κ2) is 4.02. The molecule has 0 atom stereocenters. The number of carboxylic acids is 1. The molecule has 0 saturated heterocycles. The van der Waals surface area contributed by atoms with Gasteiger partial charge in [-0.25, -0.2) is 4.79 Å². The molecule has 0 saturated carbocycles. The van der Waals surface area contributed by atoms with Gasteiger partial charge in [0.1, 0.15) is 0 Å². The summed E-state index contributed by atoms with van der Waals surface area (Å²) >= 11 is 0. The van der Waals surface area contributed by atoms with Crippen LogP contribution in [-0.4, -0.2) is 11.1 Å². The van der Waals surface area contributed by atoms with E-state index in [4.69, 9.17) is 5.11 Å². The first-order chi connectivity index (χ1) is 7.68. The van der Waals surface area contributed by atoms with Crippen molar-refractivity contribution in [2.45, 2.75) is 0 Å². The molecule has 0 aliphatic carbocycles. The fourth-order valence-electron chi connectivity index (χ4n) is 1.46.